The van der Waals surface area contributed by atoms with E-state index in [1.165, 1.54) is 4.90 Å². The Kier molecular flexibility index (Phi) is 9.22. The SMILES string of the molecule is CC(C)(C)NC(=O)C(=O)[C@H](C[C@@H]1CCNC1=O)NC(=O)[C@@H]1[C@H]2CCC[C@H]2CN1C(=O)C(NC(=O)C(F)(F)F)C1CCC1. The van der Waals surface area contributed by atoms with Gasteiger partial charge in [-0.3, -0.25) is 28.8 Å². The molecule has 2 saturated heterocycles. The molecule has 11 nitrogen and oxygen atoms in total. The number of ketones is 1. The Morgan fingerprint density at radius 2 is 1.64 bits per heavy atom. The van der Waals surface area contributed by atoms with Crippen molar-refractivity contribution in [2.75, 3.05) is 13.1 Å². The maximum atomic E-state index is 13.9. The second-order valence-corrected chi connectivity index (χ2v) is 13.1. The molecule has 2 aliphatic heterocycles. The lowest BCUT2D eigenvalue weighted by Crippen LogP contribution is -2.60. The van der Waals surface area contributed by atoms with Crippen molar-refractivity contribution in [3.8, 4) is 0 Å². The molecule has 42 heavy (non-hydrogen) atoms. The number of fused-ring (bicyclic) bond motifs is 1. The average Bonchev–Trinajstić information content (AvgIpc) is 3.55. The Labute approximate surface area is 242 Å². The minimum atomic E-state index is -5.17. The van der Waals surface area contributed by atoms with Crippen molar-refractivity contribution in [3.05, 3.63) is 0 Å². The van der Waals surface area contributed by atoms with E-state index < -0.39 is 71.1 Å². The van der Waals surface area contributed by atoms with Crippen molar-refractivity contribution < 1.29 is 41.9 Å². The summed E-state index contributed by atoms with van der Waals surface area (Å²) >= 11 is 0. The second-order valence-electron chi connectivity index (χ2n) is 13.1. The monoisotopic (exact) mass is 599 g/mol. The molecule has 0 aromatic rings. The van der Waals surface area contributed by atoms with E-state index in [2.05, 4.69) is 16.0 Å². The van der Waals surface area contributed by atoms with Gasteiger partial charge in [-0.2, -0.15) is 13.2 Å². The fraction of sp³-hybridized carbons (Fsp3) is 0.786. The highest BCUT2D eigenvalue weighted by Gasteiger charge is 2.53. The molecule has 4 aliphatic rings. The summed E-state index contributed by atoms with van der Waals surface area (Å²) in [6.45, 7) is 5.60. The first-order valence-electron chi connectivity index (χ1n) is 14.7. The van der Waals surface area contributed by atoms with E-state index in [0.717, 1.165) is 12.8 Å². The fourth-order valence-electron chi connectivity index (χ4n) is 6.63. The molecule has 4 rings (SSSR count). The van der Waals surface area contributed by atoms with Crippen LogP contribution in [0.4, 0.5) is 13.2 Å². The lowest BCUT2D eigenvalue weighted by atomic mass is 9.79. The number of carbonyl (C=O) groups excluding carboxylic acids is 6. The van der Waals surface area contributed by atoms with Crippen molar-refractivity contribution in [3.63, 3.8) is 0 Å². The van der Waals surface area contributed by atoms with Gasteiger partial charge in [0.1, 0.15) is 12.1 Å². The van der Waals surface area contributed by atoms with Gasteiger partial charge in [0.25, 0.3) is 5.91 Å². The van der Waals surface area contributed by atoms with Gasteiger partial charge in [-0.25, -0.2) is 0 Å². The molecule has 0 bridgehead atoms. The molecule has 2 aliphatic carbocycles. The van der Waals surface area contributed by atoms with Crippen molar-refractivity contribution in [2.45, 2.75) is 102 Å². The lowest BCUT2D eigenvalue weighted by molar-refractivity contribution is -0.176. The van der Waals surface area contributed by atoms with Crippen LogP contribution in [0.5, 0.6) is 0 Å². The summed E-state index contributed by atoms with van der Waals surface area (Å²) in [4.78, 5) is 79.1. The van der Waals surface area contributed by atoms with Crippen LogP contribution in [0.1, 0.15) is 72.1 Å². The van der Waals surface area contributed by atoms with E-state index in [1.807, 2.05) is 5.32 Å². The maximum absolute atomic E-state index is 13.9. The zero-order chi connectivity index (χ0) is 31.0. The highest BCUT2D eigenvalue weighted by molar-refractivity contribution is 6.38. The maximum Gasteiger partial charge on any atom is 0.471 e. The van der Waals surface area contributed by atoms with Crippen molar-refractivity contribution in [1.82, 2.24) is 26.2 Å². The predicted octanol–water partition coefficient (Wildman–Crippen LogP) is 0.956. The Morgan fingerprint density at radius 3 is 2.19 bits per heavy atom. The lowest BCUT2D eigenvalue weighted by Gasteiger charge is -2.37. The molecule has 0 spiro atoms. The molecular formula is C28H40F3N5O6. The Balaban J connectivity index is 1.58. The standard InChI is InChI=1S/C28H40F3N5O6/c1-27(2,3)35-24(40)21(37)18(12-15-10-11-32-22(15)38)33-23(39)20-17-9-5-8-16(17)13-36(20)25(41)19(14-6-4-7-14)34-26(42)28(29,30)31/h14-20H,4-13H2,1-3H3,(H,32,38)(H,33,39)(H,34,42)(H,35,40)/t15-,16-,17-,18-,19?,20-/m0/s1. The third kappa shape index (κ3) is 7.05. The minimum Gasteiger partial charge on any atom is -0.356 e. The fourth-order valence-corrected chi connectivity index (χ4v) is 6.63. The zero-order valence-electron chi connectivity index (χ0n) is 24.1. The summed E-state index contributed by atoms with van der Waals surface area (Å²) < 4.78 is 39.3. The molecule has 5 amide bonds. The Morgan fingerprint density at radius 1 is 0.976 bits per heavy atom. The number of rotatable bonds is 9. The van der Waals surface area contributed by atoms with Gasteiger partial charge in [-0.1, -0.05) is 12.8 Å². The van der Waals surface area contributed by atoms with Gasteiger partial charge in [0.15, 0.2) is 0 Å². The van der Waals surface area contributed by atoms with E-state index in [4.69, 9.17) is 0 Å². The molecular weight excluding hydrogens is 559 g/mol. The van der Waals surface area contributed by atoms with Crippen molar-refractivity contribution in [2.24, 2.45) is 23.7 Å². The third-order valence-corrected chi connectivity index (χ3v) is 8.90. The van der Waals surface area contributed by atoms with Crippen LogP contribution in [0, 0.1) is 23.7 Å². The summed E-state index contributed by atoms with van der Waals surface area (Å²) in [7, 11) is 0. The topological polar surface area (TPSA) is 154 Å². The summed E-state index contributed by atoms with van der Waals surface area (Å²) in [5.74, 6) is -7.26. The molecule has 6 atom stereocenters. The van der Waals surface area contributed by atoms with Crippen LogP contribution in [0.3, 0.4) is 0 Å². The van der Waals surface area contributed by atoms with Crippen molar-refractivity contribution >= 4 is 35.3 Å². The number of nitrogens with one attached hydrogen (secondary N) is 4. The third-order valence-electron chi connectivity index (χ3n) is 8.90. The zero-order valence-corrected chi connectivity index (χ0v) is 24.1. The van der Waals surface area contributed by atoms with Gasteiger partial charge >= 0.3 is 12.1 Å². The quantitative estimate of drug-likeness (QED) is 0.290. The number of hydrogen-bond donors (Lipinski definition) is 4. The molecule has 0 aromatic heterocycles. The summed E-state index contributed by atoms with van der Waals surface area (Å²) in [6.07, 6.45) is -1.10. The molecule has 0 aromatic carbocycles. The van der Waals surface area contributed by atoms with Crippen LogP contribution < -0.4 is 21.3 Å². The van der Waals surface area contributed by atoms with E-state index in [-0.39, 0.29) is 30.7 Å². The molecule has 4 N–H and O–H groups in total. The number of amides is 5. The number of alkyl halides is 3. The molecule has 0 radical (unpaired) electrons. The molecule has 1 unspecified atom stereocenters. The van der Waals surface area contributed by atoms with Crippen molar-refractivity contribution in [1.29, 1.82) is 0 Å². The Bertz CT molecular complexity index is 1120. The van der Waals surface area contributed by atoms with Gasteiger partial charge in [-0.05, 0) is 77.0 Å². The average molecular weight is 600 g/mol. The number of halogens is 3. The van der Waals surface area contributed by atoms with Crippen LogP contribution >= 0.6 is 0 Å². The van der Waals surface area contributed by atoms with Crippen LogP contribution in [-0.4, -0.2) is 83.1 Å². The molecule has 2 heterocycles. The molecule has 2 saturated carbocycles. The van der Waals surface area contributed by atoms with Crippen LogP contribution in [0.2, 0.25) is 0 Å². The smallest absolute Gasteiger partial charge is 0.356 e. The molecule has 234 valence electrons. The van der Waals surface area contributed by atoms with Gasteiger partial charge < -0.3 is 26.2 Å². The number of carbonyl (C=O) groups is 6. The molecule has 4 fully saturated rings. The summed E-state index contributed by atoms with van der Waals surface area (Å²) in [5.41, 5.74) is -0.741. The summed E-state index contributed by atoms with van der Waals surface area (Å²) in [6, 6.07) is -3.87. The number of likely N-dealkylation sites (tertiary alicyclic amines) is 1. The number of nitrogens with zero attached hydrogens (tertiary/aromatic N) is 1. The van der Waals surface area contributed by atoms with E-state index in [0.29, 0.717) is 38.6 Å². The highest BCUT2D eigenvalue weighted by atomic mass is 19.4. The van der Waals surface area contributed by atoms with Gasteiger partial charge in [-0.15, -0.1) is 0 Å². The Hall–Kier alpha value is -3.19. The first-order valence-corrected chi connectivity index (χ1v) is 14.7. The van der Waals surface area contributed by atoms with Crippen LogP contribution in [-0.2, 0) is 28.8 Å². The van der Waals surface area contributed by atoms with Crippen LogP contribution in [0.25, 0.3) is 0 Å². The predicted molar refractivity (Wildman–Crippen MR) is 142 cm³/mol. The highest BCUT2D eigenvalue weighted by Crippen LogP contribution is 2.43. The van der Waals surface area contributed by atoms with Gasteiger partial charge in [0, 0.05) is 24.5 Å². The molecule has 14 heteroatoms. The van der Waals surface area contributed by atoms with E-state index in [9.17, 15) is 41.9 Å². The van der Waals surface area contributed by atoms with E-state index in [1.54, 1.807) is 20.8 Å². The first-order chi connectivity index (χ1) is 19.6. The van der Waals surface area contributed by atoms with E-state index >= 15 is 0 Å². The van der Waals surface area contributed by atoms with Gasteiger partial charge in [0.2, 0.25) is 23.5 Å². The normalized spacial score (nSPS) is 27.4. The van der Waals surface area contributed by atoms with Gasteiger partial charge in [0.05, 0.1) is 6.04 Å². The largest absolute Gasteiger partial charge is 0.471 e. The number of hydrogen-bond acceptors (Lipinski definition) is 6. The number of Topliss-reactive ketones (excluding diaryl/α,β-unsaturated/α-hetero) is 1. The first kappa shape index (κ1) is 31.7. The summed E-state index contributed by atoms with van der Waals surface area (Å²) in [5, 5.41) is 9.76. The minimum absolute atomic E-state index is 0.0657. The second kappa shape index (κ2) is 12.2. The van der Waals surface area contributed by atoms with Crippen LogP contribution in [0.15, 0.2) is 0 Å².